The maximum Gasteiger partial charge on any atom is 0.305 e. The second-order valence-corrected chi connectivity index (χ2v) is 8.85. The second-order valence-electron chi connectivity index (χ2n) is 8.85. The highest BCUT2D eigenvalue weighted by molar-refractivity contribution is 5.86. The van der Waals surface area contributed by atoms with E-state index in [0.29, 0.717) is 6.61 Å². The number of nitrogens with one attached hydrogen (secondary N) is 1. The summed E-state index contributed by atoms with van der Waals surface area (Å²) < 4.78 is 6.37. The van der Waals surface area contributed by atoms with E-state index in [1.165, 1.54) is 0 Å². The van der Waals surface area contributed by atoms with Crippen LogP contribution in [0.2, 0.25) is 0 Å². The molecule has 1 rings (SSSR count). The Labute approximate surface area is 151 Å². The fraction of sp³-hybridized carbons (Fsp3) is 0.895. The number of ether oxygens (including phenoxy) is 1. The first-order valence-electron chi connectivity index (χ1n) is 9.30. The molecule has 4 N–H and O–H groups in total. The number of carboxylic acid groups (broad SMARTS) is 1. The van der Waals surface area contributed by atoms with Gasteiger partial charge < -0.3 is 20.9 Å². The van der Waals surface area contributed by atoms with Crippen LogP contribution in [0.25, 0.3) is 0 Å². The molecular weight excluding hydrogens is 320 g/mol. The molecule has 0 unspecified atom stereocenters. The standard InChI is InChI=1S/C19H36N2O4/c1-7-17(3,4)16(18(5,6)8-2)25-12-19(9-10-19)21-15(24)13(20)11-14(22)23/h13,16H,7-12,20H2,1-6H3,(H,21,24)(H,22,23)/t13-/m0/s1. The van der Waals surface area contributed by atoms with Gasteiger partial charge in [0.1, 0.15) is 0 Å². The molecule has 146 valence electrons. The molecule has 0 bridgehead atoms. The number of aliphatic carboxylic acids is 1. The van der Waals surface area contributed by atoms with Crippen LogP contribution < -0.4 is 11.1 Å². The van der Waals surface area contributed by atoms with Crippen LogP contribution in [0, 0.1) is 10.8 Å². The van der Waals surface area contributed by atoms with Crippen LogP contribution in [-0.2, 0) is 14.3 Å². The summed E-state index contributed by atoms with van der Waals surface area (Å²) in [5.41, 5.74) is 5.32. The smallest absolute Gasteiger partial charge is 0.305 e. The Morgan fingerprint density at radius 2 is 1.64 bits per heavy atom. The lowest BCUT2D eigenvalue weighted by Gasteiger charge is -2.44. The number of hydrogen-bond acceptors (Lipinski definition) is 4. The van der Waals surface area contributed by atoms with Gasteiger partial charge in [-0.25, -0.2) is 0 Å². The third-order valence-corrected chi connectivity index (χ3v) is 5.74. The molecular formula is C19H36N2O4. The number of hydrogen-bond donors (Lipinski definition) is 3. The fourth-order valence-electron chi connectivity index (χ4n) is 3.21. The Hall–Kier alpha value is -1.14. The predicted octanol–water partition coefficient (Wildman–Crippen LogP) is 2.69. The van der Waals surface area contributed by atoms with Gasteiger partial charge in [0.15, 0.2) is 0 Å². The van der Waals surface area contributed by atoms with Crippen molar-refractivity contribution in [3.63, 3.8) is 0 Å². The summed E-state index contributed by atoms with van der Waals surface area (Å²) in [4.78, 5) is 22.8. The average molecular weight is 357 g/mol. The molecule has 1 fully saturated rings. The molecule has 0 radical (unpaired) electrons. The van der Waals surface area contributed by atoms with Crippen molar-refractivity contribution in [2.75, 3.05) is 6.61 Å². The van der Waals surface area contributed by atoms with E-state index in [2.05, 4.69) is 46.9 Å². The van der Waals surface area contributed by atoms with E-state index in [1.807, 2.05) is 0 Å². The van der Waals surface area contributed by atoms with Crippen molar-refractivity contribution in [1.82, 2.24) is 5.32 Å². The Morgan fingerprint density at radius 3 is 2.00 bits per heavy atom. The van der Waals surface area contributed by atoms with Gasteiger partial charge in [-0.05, 0) is 36.5 Å². The van der Waals surface area contributed by atoms with Crippen LogP contribution in [0.15, 0.2) is 0 Å². The fourth-order valence-corrected chi connectivity index (χ4v) is 3.21. The lowest BCUT2D eigenvalue weighted by molar-refractivity contribution is -0.140. The van der Waals surface area contributed by atoms with E-state index in [4.69, 9.17) is 15.6 Å². The average Bonchev–Trinajstić information content (AvgIpc) is 3.25. The van der Waals surface area contributed by atoms with Crippen LogP contribution >= 0.6 is 0 Å². The van der Waals surface area contributed by atoms with E-state index in [-0.39, 0.29) is 28.9 Å². The van der Waals surface area contributed by atoms with Gasteiger partial charge in [0.25, 0.3) is 0 Å². The molecule has 0 aromatic rings. The lowest BCUT2D eigenvalue weighted by atomic mass is 9.69. The molecule has 1 aliphatic carbocycles. The van der Waals surface area contributed by atoms with Crippen molar-refractivity contribution in [3.05, 3.63) is 0 Å². The summed E-state index contributed by atoms with van der Waals surface area (Å²) in [6, 6.07) is -1.02. The molecule has 1 saturated carbocycles. The molecule has 1 amide bonds. The highest BCUT2D eigenvalue weighted by Gasteiger charge is 2.48. The topological polar surface area (TPSA) is 102 Å². The van der Waals surface area contributed by atoms with Crippen LogP contribution in [0.5, 0.6) is 0 Å². The van der Waals surface area contributed by atoms with Crippen LogP contribution in [0.1, 0.15) is 73.6 Å². The molecule has 1 aliphatic rings. The van der Waals surface area contributed by atoms with Crippen molar-refractivity contribution < 1.29 is 19.4 Å². The number of carbonyl (C=O) groups is 2. The molecule has 0 aromatic carbocycles. The first-order chi connectivity index (χ1) is 11.4. The SMILES string of the molecule is CCC(C)(C)C(OCC1(NC(=O)[C@@H](N)CC(=O)O)CC1)C(C)(C)CC. The van der Waals surface area contributed by atoms with Crippen molar-refractivity contribution in [1.29, 1.82) is 0 Å². The van der Waals surface area contributed by atoms with Crippen LogP contribution in [-0.4, -0.2) is 41.3 Å². The Kier molecular flexibility index (Phi) is 7.04. The third kappa shape index (κ3) is 5.96. The molecule has 0 saturated heterocycles. The minimum atomic E-state index is -1.07. The maximum absolute atomic E-state index is 12.1. The van der Waals surface area contributed by atoms with Gasteiger partial charge in [-0.1, -0.05) is 41.5 Å². The molecule has 0 aliphatic heterocycles. The van der Waals surface area contributed by atoms with Gasteiger partial charge >= 0.3 is 5.97 Å². The van der Waals surface area contributed by atoms with Gasteiger partial charge in [-0.3, -0.25) is 9.59 Å². The van der Waals surface area contributed by atoms with Crippen LogP contribution in [0.3, 0.4) is 0 Å². The highest BCUT2D eigenvalue weighted by atomic mass is 16.5. The van der Waals surface area contributed by atoms with Gasteiger partial charge in [-0.15, -0.1) is 0 Å². The van der Waals surface area contributed by atoms with E-state index in [1.54, 1.807) is 0 Å². The summed E-state index contributed by atoms with van der Waals surface area (Å²) in [5, 5.41) is 11.7. The first kappa shape index (κ1) is 21.9. The molecule has 6 heteroatoms. The zero-order chi connectivity index (χ0) is 19.5. The quantitative estimate of drug-likeness (QED) is 0.528. The van der Waals surface area contributed by atoms with E-state index < -0.39 is 17.9 Å². The van der Waals surface area contributed by atoms with Crippen molar-refractivity contribution in [2.24, 2.45) is 16.6 Å². The van der Waals surface area contributed by atoms with Crippen molar-refractivity contribution >= 4 is 11.9 Å². The van der Waals surface area contributed by atoms with Gasteiger partial charge in [0.05, 0.1) is 30.7 Å². The highest BCUT2D eigenvalue weighted by Crippen LogP contribution is 2.43. The number of amides is 1. The van der Waals surface area contributed by atoms with E-state index >= 15 is 0 Å². The summed E-state index contributed by atoms with van der Waals surface area (Å²) in [6.45, 7) is 13.7. The van der Waals surface area contributed by atoms with Crippen molar-refractivity contribution in [2.45, 2.75) is 91.3 Å². The Bertz CT molecular complexity index is 468. The number of rotatable bonds is 11. The molecule has 0 spiro atoms. The molecule has 6 nitrogen and oxygen atoms in total. The number of nitrogens with two attached hydrogens (primary N) is 1. The van der Waals surface area contributed by atoms with Crippen molar-refractivity contribution in [3.8, 4) is 0 Å². The first-order valence-corrected chi connectivity index (χ1v) is 9.30. The van der Waals surface area contributed by atoms with Gasteiger partial charge in [-0.2, -0.15) is 0 Å². The number of carboxylic acids is 1. The maximum atomic E-state index is 12.1. The normalized spacial score (nSPS) is 18.1. The molecule has 0 aromatic heterocycles. The summed E-state index contributed by atoms with van der Waals surface area (Å²) >= 11 is 0. The molecule has 25 heavy (non-hydrogen) atoms. The minimum Gasteiger partial charge on any atom is -0.481 e. The zero-order valence-corrected chi connectivity index (χ0v) is 16.6. The van der Waals surface area contributed by atoms with E-state index in [0.717, 1.165) is 25.7 Å². The molecule has 1 atom stereocenters. The summed E-state index contributed by atoms with van der Waals surface area (Å²) in [6.07, 6.45) is 3.39. The monoisotopic (exact) mass is 356 g/mol. The largest absolute Gasteiger partial charge is 0.481 e. The zero-order valence-electron chi connectivity index (χ0n) is 16.6. The third-order valence-electron chi connectivity index (χ3n) is 5.74. The van der Waals surface area contributed by atoms with E-state index in [9.17, 15) is 9.59 Å². The Balaban J connectivity index is 2.73. The van der Waals surface area contributed by atoms with Gasteiger partial charge in [0.2, 0.25) is 5.91 Å². The summed E-state index contributed by atoms with van der Waals surface area (Å²) in [7, 11) is 0. The number of carbonyl (C=O) groups excluding carboxylic acids is 1. The lowest BCUT2D eigenvalue weighted by Crippen LogP contribution is -2.51. The van der Waals surface area contributed by atoms with Crippen LogP contribution in [0.4, 0.5) is 0 Å². The predicted molar refractivity (Wildman–Crippen MR) is 98.2 cm³/mol. The summed E-state index contributed by atoms with van der Waals surface area (Å²) in [5.74, 6) is -1.48. The minimum absolute atomic E-state index is 0.0271. The van der Waals surface area contributed by atoms with Gasteiger partial charge in [0, 0.05) is 0 Å². The second kappa shape index (κ2) is 8.04. The molecule has 0 heterocycles. The Morgan fingerprint density at radius 1 is 1.16 bits per heavy atom.